The minimum atomic E-state index is -3.41. The van der Waals surface area contributed by atoms with E-state index in [1.165, 1.54) is 0 Å². The van der Waals surface area contributed by atoms with Crippen LogP contribution in [0.1, 0.15) is 6.42 Å². The van der Waals surface area contributed by atoms with Crippen molar-refractivity contribution in [2.24, 2.45) is 0 Å². The highest BCUT2D eigenvalue weighted by molar-refractivity contribution is 4.77. The molecule has 0 aliphatic rings. The monoisotopic (exact) mass is 179 g/mol. The summed E-state index contributed by atoms with van der Waals surface area (Å²) in [7, 11) is 0. The molecule has 0 rings (SSSR count). The van der Waals surface area contributed by atoms with Crippen LogP contribution in [0.15, 0.2) is 0 Å². The average Bonchev–Trinajstić information content (AvgIpc) is 1.87. The molecule has 6 heteroatoms. The lowest BCUT2D eigenvalue weighted by molar-refractivity contribution is 0.0210. The van der Waals surface area contributed by atoms with Gasteiger partial charge in [-0.25, -0.2) is 17.6 Å². The van der Waals surface area contributed by atoms with E-state index in [-0.39, 0.29) is 0 Å². The Morgan fingerprint density at radius 1 is 1.00 bits per heavy atom. The molecule has 2 atom stereocenters. The van der Waals surface area contributed by atoms with Gasteiger partial charge in [0.2, 0.25) is 0 Å². The SMILES string of the molecule is F[C](F)C(F)CC(F)C(F)F. The second-order valence-electron chi connectivity index (χ2n) is 1.84. The topological polar surface area (TPSA) is 0 Å². The molecule has 0 saturated carbocycles. The molecule has 2 unspecified atom stereocenters. The molecule has 0 N–H and O–H groups in total. The van der Waals surface area contributed by atoms with Crippen molar-refractivity contribution < 1.29 is 26.3 Å². The van der Waals surface area contributed by atoms with Crippen LogP contribution < -0.4 is 0 Å². The number of halogens is 6. The Balaban J connectivity index is 3.66. The number of alkyl halides is 4. The Kier molecular flexibility index (Phi) is 4.29. The molecule has 0 fully saturated rings. The van der Waals surface area contributed by atoms with E-state index in [0.29, 0.717) is 0 Å². The maximum atomic E-state index is 11.8. The molecule has 0 saturated heterocycles. The highest BCUT2D eigenvalue weighted by Crippen LogP contribution is 2.22. The normalized spacial score (nSPS) is 17.5. The van der Waals surface area contributed by atoms with Gasteiger partial charge in [0, 0.05) is 6.42 Å². The smallest absolute Gasteiger partial charge is 0.241 e. The Morgan fingerprint density at radius 2 is 1.45 bits per heavy atom. The fraction of sp³-hybridized carbons (Fsp3) is 0.800. The summed E-state index contributed by atoms with van der Waals surface area (Å²) < 4.78 is 68.5. The third-order valence-corrected chi connectivity index (χ3v) is 0.942. The third-order valence-electron chi connectivity index (χ3n) is 0.942. The summed E-state index contributed by atoms with van der Waals surface area (Å²) in [6, 6.07) is 0. The van der Waals surface area contributed by atoms with E-state index in [2.05, 4.69) is 0 Å². The van der Waals surface area contributed by atoms with Gasteiger partial charge in [-0.1, -0.05) is 0 Å². The van der Waals surface area contributed by atoms with Gasteiger partial charge in [-0.3, -0.25) is 0 Å². The van der Waals surface area contributed by atoms with E-state index < -0.39 is 31.6 Å². The second-order valence-corrected chi connectivity index (χ2v) is 1.84. The molecule has 67 valence electrons. The van der Waals surface area contributed by atoms with E-state index in [4.69, 9.17) is 0 Å². The molecule has 0 heterocycles. The van der Waals surface area contributed by atoms with Crippen molar-refractivity contribution in [2.75, 3.05) is 0 Å². The van der Waals surface area contributed by atoms with E-state index in [1.807, 2.05) is 0 Å². The zero-order valence-electron chi connectivity index (χ0n) is 5.21. The predicted octanol–water partition coefficient (Wildman–Crippen LogP) is 2.75. The summed E-state index contributed by atoms with van der Waals surface area (Å²) >= 11 is 0. The molecule has 0 aromatic heterocycles. The summed E-state index contributed by atoms with van der Waals surface area (Å²) in [4.78, 5) is 0. The Labute approximate surface area is 59.2 Å². The molecular weight excluding hydrogens is 174 g/mol. The first kappa shape index (κ1) is 10.6. The Morgan fingerprint density at radius 3 is 1.73 bits per heavy atom. The van der Waals surface area contributed by atoms with Crippen LogP contribution in [0.3, 0.4) is 0 Å². The molecule has 1 radical (unpaired) electrons. The van der Waals surface area contributed by atoms with Crippen molar-refractivity contribution in [1.29, 1.82) is 0 Å². The van der Waals surface area contributed by atoms with Crippen LogP contribution in [0.5, 0.6) is 0 Å². The molecule has 0 aliphatic carbocycles. The molecule has 0 nitrogen and oxygen atoms in total. The zero-order valence-corrected chi connectivity index (χ0v) is 5.21. The van der Waals surface area contributed by atoms with Gasteiger partial charge in [0.05, 0.1) is 0 Å². The van der Waals surface area contributed by atoms with Gasteiger partial charge in [0.1, 0.15) is 0 Å². The molecule has 11 heavy (non-hydrogen) atoms. The Bertz CT molecular complexity index is 91.1. The van der Waals surface area contributed by atoms with Gasteiger partial charge in [-0.05, 0) is 0 Å². The number of rotatable bonds is 4. The minimum Gasteiger partial charge on any atom is -0.241 e. The van der Waals surface area contributed by atoms with Crippen molar-refractivity contribution in [1.82, 2.24) is 0 Å². The second kappa shape index (κ2) is 4.46. The van der Waals surface area contributed by atoms with Crippen LogP contribution in [-0.4, -0.2) is 18.8 Å². The number of hydrogen-bond acceptors (Lipinski definition) is 0. The highest BCUT2D eigenvalue weighted by Gasteiger charge is 2.30. The van der Waals surface area contributed by atoms with Crippen LogP contribution in [0.2, 0.25) is 0 Å². The summed E-state index contributed by atoms with van der Waals surface area (Å²) in [5, 5.41) is 0. The lowest BCUT2D eigenvalue weighted by atomic mass is 10.2. The lowest BCUT2D eigenvalue weighted by Crippen LogP contribution is -2.19. The van der Waals surface area contributed by atoms with Crippen LogP contribution in [-0.2, 0) is 0 Å². The first-order valence-corrected chi connectivity index (χ1v) is 2.69. The van der Waals surface area contributed by atoms with Crippen molar-refractivity contribution in [3.8, 4) is 0 Å². The van der Waals surface area contributed by atoms with Crippen LogP contribution in [0.25, 0.3) is 0 Å². The zero-order chi connectivity index (χ0) is 9.02. The van der Waals surface area contributed by atoms with Gasteiger partial charge in [0.25, 0.3) is 6.43 Å². The van der Waals surface area contributed by atoms with E-state index in [9.17, 15) is 26.3 Å². The molecule has 0 bridgehead atoms. The molecule has 0 aromatic rings. The molecule has 0 aromatic carbocycles. The predicted molar refractivity (Wildman–Crippen MR) is 25.9 cm³/mol. The van der Waals surface area contributed by atoms with Gasteiger partial charge < -0.3 is 0 Å². The summed E-state index contributed by atoms with van der Waals surface area (Å²) in [6.07, 6.45) is -13.3. The standard InChI is InChI=1S/C5H5F6/c6-2(4(8)9)1-3(7)5(10)11/h2-4H,1H2. The van der Waals surface area contributed by atoms with Crippen molar-refractivity contribution in [3.05, 3.63) is 6.43 Å². The van der Waals surface area contributed by atoms with Crippen molar-refractivity contribution in [2.45, 2.75) is 25.2 Å². The molecule has 0 aliphatic heterocycles. The van der Waals surface area contributed by atoms with Gasteiger partial charge >= 0.3 is 6.43 Å². The van der Waals surface area contributed by atoms with Crippen molar-refractivity contribution in [3.63, 3.8) is 0 Å². The summed E-state index contributed by atoms with van der Waals surface area (Å²) in [5.41, 5.74) is 0. The van der Waals surface area contributed by atoms with Gasteiger partial charge in [-0.15, -0.1) is 0 Å². The van der Waals surface area contributed by atoms with Crippen molar-refractivity contribution >= 4 is 0 Å². The fourth-order valence-corrected chi connectivity index (χ4v) is 0.390. The molecule has 0 spiro atoms. The number of hydrogen-bond donors (Lipinski definition) is 0. The van der Waals surface area contributed by atoms with E-state index in [1.54, 1.807) is 0 Å². The maximum Gasteiger partial charge on any atom is 0.343 e. The van der Waals surface area contributed by atoms with Crippen LogP contribution in [0, 0.1) is 6.43 Å². The largest absolute Gasteiger partial charge is 0.343 e. The summed E-state index contributed by atoms with van der Waals surface area (Å²) in [5.74, 6) is 0. The first-order valence-electron chi connectivity index (χ1n) is 2.69. The minimum absolute atomic E-state index is 1.49. The summed E-state index contributed by atoms with van der Waals surface area (Å²) in [6.45, 7) is 0. The molecular formula is C5H5F6. The lowest BCUT2D eigenvalue weighted by Gasteiger charge is -2.08. The average molecular weight is 179 g/mol. The van der Waals surface area contributed by atoms with Crippen LogP contribution >= 0.6 is 0 Å². The van der Waals surface area contributed by atoms with E-state index in [0.717, 1.165) is 0 Å². The van der Waals surface area contributed by atoms with Gasteiger partial charge in [0.15, 0.2) is 12.3 Å². The van der Waals surface area contributed by atoms with Crippen LogP contribution in [0.4, 0.5) is 26.3 Å². The van der Waals surface area contributed by atoms with E-state index >= 15 is 0 Å². The molecule has 0 amide bonds. The highest BCUT2D eigenvalue weighted by atomic mass is 19.3. The first-order chi connectivity index (χ1) is 4.95. The maximum absolute atomic E-state index is 11.8. The Hall–Kier alpha value is -0.420. The fourth-order valence-electron chi connectivity index (χ4n) is 0.390. The quantitative estimate of drug-likeness (QED) is 0.582. The van der Waals surface area contributed by atoms with Gasteiger partial charge in [-0.2, -0.15) is 8.78 Å². The third kappa shape index (κ3) is 4.10.